The number of aromatic amines is 1. The van der Waals surface area contributed by atoms with Crippen molar-refractivity contribution >= 4 is 17.5 Å². The van der Waals surface area contributed by atoms with Crippen LogP contribution in [0, 0.1) is 5.92 Å². The molecule has 0 bridgehead atoms. The van der Waals surface area contributed by atoms with Crippen LogP contribution in [-0.2, 0) is 12.8 Å². The molecule has 1 saturated carbocycles. The van der Waals surface area contributed by atoms with Crippen LogP contribution in [0.2, 0.25) is 0 Å². The Morgan fingerprint density at radius 3 is 2.68 bits per heavy atom. The Labute approximate surface area is 146 Å². The molecule has 0 radical (unpaired) electrons. The Hall–Kier alpha value is -2.63. The Morgan fingerprint density at radius 2 is 1.92 bits per heavy atom. The van der Waals surface area contributed by atoms with Crippen LogP contribution < -0.4 is 5.32 Å². The fourth-order valence-corrected chi connectivity index (χ4v) is 3.29. The Bertz CT molecular complexity index is 777. The Kier molecular flexibility index (Phi) is 4.26. The molecule has 1 aromatic carbocycles. The zero-order valence-electron chi connectivity index (χ0n) is 14.1. The van der Waals surface area contributed by atoms with Crippen LogP contribution in [0.5, 0.6) is 0 Å². The van der Waals surface area contributed by atoms with Gasteiger partial charge in [-0.3, -0.25) is 4.79 Å². The second-order valence-electron chi connectivity index (χ2n) is 6.81. The number of hydrogen-bond donors (Lipinski definition) is 2. The molecule has 1 aromatic heterocycles. The standard InChI is InChI=1S/C19H22N4O2/c24-18(13-3-4-13)14-5-7-15(8-6-14)22-19(25)23-10-1-2-16-17(9-11-23)21-12-20-16/h5-8,12-13H,1-4,9-11H2,(H,20,21)(H,22,25). The fraction of sp³-hybridized carbons (Fsp3) is 0.421. The molecule has 6 heteroatoms. The van der Waals surface area contributed by atoms with Gasteiger partial charge in [-0.15, -0.1) is 0 Å². The number of imidazole rings is 1. The summed E-state index contributed by atoms with van der Waals surface area (Å²) < 4.78 is 0. The second kappa shape index (κ2) is 6.70. The zero-order valence-corrected chi connectivity index (χ0v) is 14.1. The van der Waals surface area contributed by atoms with Crippen molar-refractivity contribution in [1.29, 1.82) is 0 Å². The monoisotopic (exact) mass is 338 g/mol. The first-order valence-corrected chi connectivity index (χ1v) is 8.92. The lowest BCUT2D eigenvalue weighted by atomic mass is 10.1. The highest BCUT2D eigenvalue weighted by Gasteiger charge is 2.30. The van der Waals surface area contributed by atoms with E-state index in [0.717, 1.165) is 55.6 Å². The lowest BCUT2D eigenvalue weighted by Gasteiger charge is -2.24. The first kappa shape index (κ1) is 15.9. The number of nitrogens with one attached hydrogen (secondary N) is 2. The molecule has 2 N–H and O–H groups in total. The van der Waals surface area contributed by atoms with Gasteiger partial charge in [0, 0.05) is 42.4 Å². The van der Waals surface area contributed by atoms with Gasteiger partial charge >= 0.3 is 6.03 Å². The number of benzene rings is 1. The van der Waals surface area contributed by atoms with E-state index in [2.05, 4.69) is 15.3 Å². The van der Waals surface area contributed by atoms with E-state index < -0.39 is 0 Å². The van der Waals surface area contributed by atoms with Crippen LogP contribution in [0.1, 0.15) is 41.0 Å². The molecule has 2 heterocycles. The van der Waals surface area contributed by atoms with E-state index in [4.69, 9.17) is 0 Å². The van der Waals surface area contributed by atoms with Crippen molar-refractivity contribution in [1.82, 2.24) is 14.9 Å². The number of aromatic nitrogens is 2. The summed E-state index contributed by atoms with van der Waals surface area (Å²) in [7, 11) is 0. The normalized spacial score (nSPS) is 17.4. The molecule has 0 spiro atoms. The number of aryl methyl sites for hydroxylation is 1. The number of rotatable bonds is 3. The van der Waals surface area contributed by atoms with Gasteiger partial charge in [0.2, 0.25) is 0 Å². The molecule has 2 aliphatic rings. The maximum absolute atomic E-state index is 12.5. The van der Waals surface area contributed by atoms with Crippen LogP contribution in [0.3, 0.4) is 0 Å². The van der Waals surface area contributed by atoms with Crippen LogP contribution >= 0.6 is 0 Å². The van der Waals surface area contributed by atoms with Crippen molar-refractivity contribution in [2.24, 2.45) is 5.92 Å². The summed E-state index contributed by atoms with van der Waals surface area (Å²) in [5, 5.41) is 2.94. The first-order valence-electron chi connectivity index (χ1n) is 8.92. The molecule has 2 aromatic rings. The van der Waals surface area contributed by atoms with E-state index in [1.54, 1.807) is 18.5 Å². The minimum Gasteiger partial charge on any atom is -0.348 e. The SMILES string of the molecule is O=C(c1ccc(NC(=O)N2CCCc3[nH]cnc3CC2)cc1)C1CC1. The molecule has 25 heavy (non-hydrogen) atoms. The Balaban J connectivity index is 1.37. The van der Waals surface area contributed by atoms with Gasteiger partial charge in [-0.2, -0.15) is 0 Å². The molecule has 1 aliphatic heterocycles. The van der Waals surface area contributed by atoms with Crippen LogP contribution in [0.25, 0.3) is 0 Å². The number of carbonyl (C=O) groups excluding carboxylic acids is 2. The summed E-state index contributed by atoms with van der Waals surface area (Å²) in [6, 6.07) is 7.13. The summed E-state index contributed by atoms with van der Waals surface area (Å²) in [5.41, 5.74) is 3.70. The maximum Gasteiger partial charge on any atom is 0.321 e. The lowest BCUT2D eigenvalue weighted by molar-refractivity contribution is 0.0967. The minimum atomic E-state index is -0.0970. The van der Waals surface area contributed by atoms with Gasteiger partial charge in [0.15, 0.2) is 5.78 Å². The third-order valence-electron chi connectivity index (χ3n) is 4.94. The second-order valence-corrected chi connectivity index (χ2v) is 6.81. The number of nitrogens with zero attached hydrogens (tertiary/aromatic N) is 2. The predicted octanol–water partition coefficient (Wildman–Crippen LogP) is 3.03. The summed E-state index contributed by atoms with van der Waals surface area (Å²) in [6.45, 7) is 1.38. The van der Waals surface area contributed by atoms with Crippen LogP contribution in [0.15, 0.2) is 30.6 Å². The van der Waals surface area contributed by atoms with Crippen molar-refractivity contribution in [3.8, 4) is 0 Å². The van der Waals surface area contributed by atoms with Crippen LogP contribution in [-0.4, -0.2) is 39.8 Å². The smallest absolute Gasteiger partial charge is 0.321 e. The summed E-state index contributed by atoms with van der Waals surface area (Å²) in [6.07, 6.45) is 6.33. The number of urea groups is 1. The van der Waals surface area contributed by atoms with E-state index in [1.165, 1.54) is 5.69 Å². The molecule has 4 rings (SSSR count). The highest BCUT2D eigenvalue weighted by molar-refractivity contribution is 6.00. The van der Waals surface area contributed by atoms with E-state index in [0.29, 0.717) is 6.54 Å². The number of amides is 2. The number of anilines is 1. The molecule has 130 valence electrons. The highest BCUT2D eigenvalue weighted by atomic mass is 16.2. The Morgan fingerprint density at radius 1 is 1.12 bits per heavy atom. The molecule has 0 unspecified atom stereocenters. The van der Waals surface area contributed by atoms with Crippen molar-refractivity contribution in [3.63, 3.8) is 0 Å². The topological polar surface area (TPSA) is 78.1 Å². The maximum atomic E-state index is 12.5. The molecular weight excluding hydrogens is 316 g/mol. The summed E-state index contributed by atoms with van der Waals surface area (Å²) >= 11 is 0. The third kappa shape index (κ3) is 3.57. The zero-order chi connectivity index (χ0) is 17.2. The fourth-order valence-electron chi connectivity index (χ4n) is 3.29. The number of fused-ring (bicyclic) bond motifs is 1. The van der Waals surface area contributed by atoms with Crippen molar-refractivity contribution < 1.29 is 9.59 Å². The van der Waals surface area contributed by atoms with Gasteiger partial charge in [-0.1, -0.05) is 0 Å². The molecule has 2 amide bonds. The average Bonchev–Trinajstić information content (AvgIpc) is 3.36. The molecule has 1 aliphatic carbocycles. The van der Waals surface area contributed by atoms with Crippen molar-refractivity contribution in [3.05, 3.63) is 47.5 Å². The predicted molar refractivity (Wildman–Crippen MR) is 94.7 cm³/mol. The largest absolute Gasteiger partial charge is 0.348 e. The molecule has 6 nitrogen and oxygen atoms in total. The third-order valence-corrected chi connectivity index (χ3v) is 4.94. The summed E-state index contributed by atoms with van der Waals surface area (Å²) in [4.78, 5) is 33.9. The quantitative estimate of drug-likeness (QED) is 0.845. The van der Waals surface area contributed by atoms with Crippen molar-refractivity contribution in [2.45, 2.75) is 32.1 Å². The molecule has 0 atom stereocenters. The molecule has 0 saturated heterocycles. The van der Waals surface area contributed by atoms with E-state index >= 15 is 0 Å². The molecule has 1 fully saturated rings. The molecular formula is C19H22N4O2. The number of hydrogen-bond acceptors (Lipinski definition) is 3. The number of ketones is 1. The van der Waals surface area contributed by atoms with Crippen LogP contribution in [0.4, 0.5) is 10.5 Å². The van der Waals surface area contributed by atoms with E-state index in [-0.39, 0.29) is 17.7 Å². The van der Waals surface area contributed by atoms with Crippen molar-refractivity contribution in [2.75, 3.05) is 18.4 Å². The number of Topliss-reactive ketones (excluding diaryl/α,β-unsaturated/α-hetero) is 1. The average molecular weight is 338 g/mol. The van der Waals surface area contributed by atoms with E-state index in [1.807, 2.05) is 17.0 Å². The highest BCUT2D eigenvalue weighted by Crippen LogP contribution is 2.32. The van der Waals surface area contributed by atoms with Gasteiger partial charge in [-0.05, 0) is 49.9 Å². The minimum absolute atomic E-state index is 0.0970. The number of carbonyl (C=O) groups is 2. The van der Waals surface area contributed by atoms with E-state index in [9.17, 15) is 9.59 Å². The van der Waals surface area contributed by atoms with Gasteiger partial charge in [-0.25, -0.2) is 9.78 Å². The first-order chi connectivity index (χ1) is 12.2. The van der Waals surface area contributed by atoms with Gasteiger partial charge in [0.25, 0.3) is 0 Å². The number of H-pyrrole nitrogens is 1. The summed E-state index contributed by atoms with van der Waals surface area (Å²) in [5.74, 6) is 0.435. The van der Waals surface area contributed by atoms with Gasteiger partial charge in [0.05, 0.1) is 12.0 Å². The van der Waals surface area contributed by atoms with Gasteiger partial charge in [0.1, 0.15) is 0 Å². The van der Waals surface area contributed by atoms with Gasteiger partial charge < -0.3 is 15.2 Å². The lowest BCUT2D eigenvalue weighted by Crippen LogP contribution is -2.38.